The SMILES string of the molecule is CCC1CCC(C)N1C(=O)c1sc2cccc(Br)c2c1N. The fourth-order valence-electron chi connectivity index (χ4n) is 3.24. The van der Waals surface area contributed by atoms with Crippen molar-refractivity contribution in [2.45, 2.75) is 45.2 Å². The van der Waals surface area contributed by atoms with Crippen molar-refractivity contribution < 1.29 is 4.79 Å². The van der Waals surface area contributed by atoms with Gasteiger partial charge in [0.15, 0.2) is 0 Å². The molecule has 0 radical (unpaired) electrons. The van der Waals surface area contributed by atoms with Crippen molar-refractivity contribution in [2.75, 3.05) is 5.73 Å². The Labute approximate surface area is 137 Å². The van der Waals surface area contributed by atoms with Gasteiger partial charge >= 0.3 is 0 Å². The van der Waals surface area contributed by atoms with Gasteiger partial charge in [-0.3, -0.25) is 4.79 Å². The van der Waals surface area contributed by atoms with E-state index in [1.807, 2.05) is 23.1 Å². The molecule has 2 atom stereocenters. The van der Waals surface area contributed by atoms with Crippen LogP contribution in [0.4, 0.5) is 5.69 Å². The summed E-state index contributed by atoms with van der Waals surface area (Å²) in [5.74, 6) is 0.0949. The first-order valence-electron chi connectivity index (χ1n) is 7.33. The van der Waals surface area contributed by atoms with Gasteiger partial charge in [0.2, 0.25) is 0 Å². The third-order valence-corrected chi connectivity index (χ3v) is 6.21. The van der Waals surface area contributed by atoms with E-state index in [-0.39, 0.29) is 5.91 Å². The Morgan fingerprint density at radius 1 is 1.48 bits per heavy atom. The minimum absolute atomic E-state index is 0.0949. The molecule has 0 saturated carbocycles. The summed E-state index contributed by atoms with van der Waals surface area (Å²) in [7, 11) is 0. The van der Waals surface area contributed by atoms with Crippen LogP contribution in [0.2, 0.25) is 0 Å². The molecule has 1 fully saturated rings. The van der Waals surface area contributed by atoms with E-state index >= 15 is 0 Å². The van der Waals surface area contributed by atoms with Gasteiger partial charge in [-0.05, 0) is 38.3 Å². The number of amides is 1. The lowest BCUT2D eigenvalue weighted by Crippen LogP contribution is -2.39. The Morgan fingerprint density at radius 3 is 2.90 bits per heavy atom. The molecule has 3 rings (SSSR count). The van der Waals surface area contributed by atoms with E-state index in [9.17, 15) is 4.79 Å². The van der Waals surface area contributed by atoms with Gasteiger partial charge in [0.25, 0.3) is 5.91 Å². The number of fused-ring (bicyclic) bond motifs is 1. The number of halogens is 1. The van der Waals surface area contributed by atoms with E-state index in [0.717, 1.165) is 33.8 Å². The molecule has 2 unspecified atom stereocenters. The highest BCUT2D eigenvalue weighted by Crippen LogP contribution is 2.40. The Balaban J connectivity index is 2.06. The summed E-state index contributed by atoms with van der Waals surface area (Å²) >= 11 is 5.03. The molecule has 1 amide bonds. The predicted molar refractivity (Wildman–Crippen MR) is 92.9 cm³/mol. The summed E-state index contributed by atoms with van der Waals surface area (Å²) in [5.41, 5.74) is 6.89. The largest absolute Gasteiger partial charge is 0.397 e. The van der Waals surface area contributed by atoms with Gasteiger partial charge in [-0.15, -0.1) is 11.3 Å². The second-order valence-corrected chi connectivity index (χ2v) is 7.57. The average Bonchev–Trinajstić information content (AvgIpc) is 3.00. The third-order valence-electron chi connectivity index (χ3n) is 4.39. The van der Waals surface area contributed by atoms with Crippen LogP contribution in [0, 0.1) is 0 Å². The molecular formula is C16H19BrN2OS. The summed E-state index contributed by atoms with van der Waals surface area (Å²) in [6, 6.07) is 6.61. The molecule has 1 saturated heterocycles. The van der Waals surface area contributed by atoms with E-state index in [1.165, 1.54) is 11.3 Å². The first kappa shape index (κ1) is 14.9. The van der Waals surface area contributed by atoms with Crippen LogP contribution in [0.3, 0.4) is 0 Å². The number of nitrogens with zero attached hydrogens (tertiary/aromatic N) is 1. The first-order valence-corrected chi connectivity index (χ1v) is 8.94. The normalized spacial score (nSPS) is 22.1. The molecule has 0 spiro atoms. The molecule has 1 aliphatic heterocycles. The Bertz CT molecular complexity index is 697. The number of anilines is 1. The van der Waals surface area contributed by atoms with Crippen LogP contribution in [0.5, 0.6) is 0 Å². The third kappa shape index (κ3) is 2.36. The zero-order valence-corrected chi connectivity index (χ0v) is 14.6. The number of hydrogen-bond donors (Lipinski definition) is 1. The lowest BCUT2D eigenvalue weighted by atomic mass is 10.1. The van der Waals surface area contributed by atoms with Gasteiger partial charge in [-0.2, -0.15) is 0 Å². The van der Waals surface area contributed by atoms with Crippen molar-refractivity contribution in [1.29, 1.82) is 0 Å². The number of nitrogen functional groups attached to an aromatic ring is 1. The van der Waals surface area contributed by atoms with Gasteiger partial charge in [0.05, 0.1) is 5.69 Å². The Hall–Kier alpha value is -1.07. The van der Waals surface area contributed by atoms with Crippen LogP contribution < -0.4 is 5.73 Å². The fraction of sp³-hybridized carbons (Fsp3) is 0.438. The van der Waals surface area contributed by atoms with Crippen molar-refractivity contribution in [3.63, 3.8) is 0 Å². The molecule has 21 heavy (non-hydrogen) atoms. The molecule has 3 nitrogen and oxygen atoms in total. The lowest BCUT2D eigenvalue weighted by molar-refractivity contribution is 0.0682. The molecular weight excluding hydrogens is 348 g/mol. The maximum atomic E-state index is 13.0. The van der Waals surface area contributed by atoms with Crippen LogP contribution in [0.25, 0.3) is 10.1 Å². The van der Waals surface area contributed by atoms with Gasteiger partial charge in [-0.25, -0.2) is 0 Å². The number of carbonyl (C=O) groups excluding carboxylic acids is 1. The van der Waals surface area contributed by atoms with Crippen LogP contribution in [0.1, 0.15) is 42.8 Å². The van der Waals surface area contributed by atoms with E-state index in [4.69, 9.17) is 5.73 Å². The van der Waals surface area contributed by atoms with Crippen molar-refractivity contribution in [3.05, 3.63) is 27.5 Å². The highest BCUT2D eigenvalue weighted by Gasteiger charge is 2.35. The minimum Gasteiger partial charge on any atom is -0.397 e. The number of thiophene rings is 1. The van der Waals surface area contributed by atoms with E-state index in [1.54, 1.807) is 0 Å². The predicted octanol–water partition coefficient (Wildman–Crippen LogP) is 4.65. The maximum Gasteiger partial charge on any atom is 0.266 e. The number of benzene rings is 1. The van der Waals surface area contributed by atoms with E-state index in [0.29, 0.717) is 22.6 Å². The lowest BCUT2D eigenvalue weighted by Gasteiger charge is -2.27. The highest BCUT2D eigenvalue weighted by molar-refractivity contribution is 9.10. The number of rotatable bonds is 2. The van der Waals surface area contributed by atoms with Gasteiger partial charge in [0, 0.05) is 26.6 Å². The molecule has 1 aromatic heterocycles. The molecule has 112 valence electrons. The molecule has 2 N–H and O–H groups in total. The second-order valence-electron chi connectivity index (χ2n) is 5.66. The minimum atomic E-state index is 0.0949. The van der Waals surface area contributed by atoms with Gasteiger partial charge in [-0.1, -0.05) is 28.9 Å². The summed E-state index contributed by atoms with van der Waals surface area (Å²) in [6.45, 7) is 4.28. The summed E-state index contributed by atoms with van der Waals surface area (Å²) < 4.78 is 2.01. The Morgan fingerprint density at radius 2 is 2.24 bits per heavy atom. The molecule has 1 aromatic carbocycles. The molecule has 5 heteroatoms. The summed E-state index contributed by atoms with van der Waals surface area (Å²) in [6.07, 6.45) is 3.18. The zero-order chi connectivity index (χ0) is 15.1. The molecule has 2 aromatic rings. The Kier molecular flexibility index (Phi) is 3.97. The standard InChI is InChI=1S/C16H19BrN2OS/c1-3-10-8-7-9(2)19(10)16(20)15-14(18)13-11(17)5-4-6-12(13)21-15/h4-6,9-10H,3,7-8,18H2,1-2H3. The fourth-order valence-corrected chi connectivity index (χ4v) is 5.05. The van der Waals surface area contributed by atoms with Crippen molar-refractivity contribution >= 4 is 48.9 Å². The summed E-state index contributed by atoms with van der Waals surface area (Å²) in [5, 5.41) is 0.964. The topological polar surface area (TPSA) is 46.3 Å². The van der Waals surface area contributed by atoms with Gasteiger partial charge in [0.1, 0.15) is 4.88 Å². The maximum absolute atomic E-state index is 13.0. The number of likely N-dealkylation sites (tertiary alicyclic amines) is 1. The van der Waals surface area contributed by atoms with Crippen molar-refractivity contribution in [2.24, 2.45) is 0 Å². The van der Waals surface area contributed by atoms with Crippen LogP contribution >= 0.6 is 27.3 Å². The van der Waals surface area contributed by atoms with Crippen molar-refractivity contribution in [3.8, 4) is 0 Å². The van der Waals surface area contributed by atoms with Crippen LogP contribution in [-0.4, -0.2) is 22.9 Å². The molecule has 0 aliphatic carbocycles. The zero-order valence-electron chi connectivity index (χ0n) is 12.2. The quantitative estimate of drug-likeness (QED) is 0.840. The second kappa shape index (κ2) is 5.61. The molecule has 0 bridgehead atoms. The monoisotopic (exact) mass is 366 g/mol. The van der Waals surface area contributed by atoms with Gasteiger partial charge < -0.3 is 10.6 Å². The molecule has 1 aliphatic rings. The van der Waals surface area contributed by atoms with Crippen LogP contribution in [-0.2, 0) is 0 Å². The van der Waals surface area contributed by atoms with E-state index < -0.39 is 0 Å². The average molecular weight is 367 g/mol. The number of hydrogen-bond acceptors (Lipinski definition) is 3. The summed E-state index contributed by atoms with van der Waals surface area (Å²) in [4.78, 5) is 15.7. The van der Waals surface area contributed by atoms with E-state index in [2.05, 4.69) is 29.8 Å². The molecule has 2 heterocycles. The smallest absolute Gasteiger partial charge is 0.266 e. The highest BCUT2D eigenvalue weighted by atomic mass is 79.9. The number of carbonyl (C=O) groups is 1. The van der Waals surface area contributed by atoms with Crippen LogP contribution in [0.15, 0.2) is 22.7 Å². The van der Waals surface area contributed by atoms with Crippen molar-refractivity contribution in [1.82, 2.24) is 4.90 Å². The first-order chi connectivity index (χ1) is 10.0. The number of nitrogens with two attached hydrogens (primary N) is 1.